The molecule has 0 aliphatic carbocycles. The Kier molecular flexibility index (Phi) is 7.49. The van der Waals surface area contributed by atoms with Crippen LogP contribution in [0.2, 0.25) is 10.0 Å². The summed E-state index contributed by atoms with van der Waals surface area (Å²) in [5, 5.41) is 11.8. The van der Waals surface area contributed by atoms with Crippen molar-refractivity contribution in [1.82, 2.24) is 9.80 Å². The smallest absolute Gasteiger partial charge is 0.295 e. The number of halogens is 2. The van der Waals surface area contributed by atoms with Gasteiger partial charge in [0.15, 0.2) is 0 Å². The molecule has 1 aliphatic heterocycles. The summed E-state index contributed by atoms with van der Waals surface area (Å²) in [7, 11) is 3.76. The van der Waals surface area contributed by atoms with Gasteiger partial charge in [0.1, 0.15) is 11.5 Å². The summed E-state index contributed by atoms with van der Waals surface area (Å²) in [6.07, 6.45) is 0.00567. The number of likely N-dealkylation sites (tertiary alicyclic amines) is 1. The van der Waals surface area contributed by atoms with E-state index < -0.39 is 17.7 Å². The third-order valence-corrected chi connectivity index (χ3v) is 5.83. The second kappa shape index (κ2) is 9.94. The van der Waals surface area contributed by atoms with E-state index in [1.807, 2.05) is 32.8 Å². The van der Waals surface area contributed by atoms with E-state index in [4.69, 9.17) is 27.9 Å². The number of likely N-dealkylation sites (N-methyl/N-ethyl adjacent to an activating group) is 1. The van der Waals surface area contributed by atoms with Crippen molar-refractivity contribution in [1.29, 1.82) is 0 Å². The SMILES string of the molecule is CC(C)Oc1ccc(/C(O)=C2/C(=O)C(=O)N(CCN(C)C)C2c2ccc(Cl)c(Cl)c2)cc1. The van der Waals surface area contributed by atoms with Gasteiger partial charge < -0.3 is 19.6 Å². The minimum absolute atomic E-state index is 0.00567. The minimum Gasteiger partial charge on any atom is -0.507 e. The van der Waals surface area contributed by atoms with Gasteiger partial charge in [-0.15, -0.1) is 0 Å². The summed E-state index contributed by atoms with van der Waals surface area (Å²) in [6.45, 7) is 4.69. The van der Waals surface area contributed by atoms with Crippen molar-refractivity contribution in [3.05, 3.63) is 69.2 Å². The van der Waals surface area contributed by atoms with Gasteiger partial charge in [0.25, 0.3) is 11.7 Å². The number of aliphatic hydroxyl groups excluding tert-OH is 1. The van der Waals surface area contributed by atoms with Gasteiger partial charge in [0, 0.05) is 18.7 Å². The molecule has 32 heavy (non-hydrogen) atoms. The highest BCUT2D eigenvalue weighted by Gasteiger charge is 2.46. The number of carbonyl (C=O) groups is 2. The Balaban J connectivity index is 2.10. The zero-order chi connectivity index (χ0) is 23.6. The Hall–Kier alpha value is -2.54. The quantitative estimate of drug-likeness (QED) is 0.354. The number of Topliss-reactive ketones (excluding diaryl/α,β-unsaturated/α-hetero) is 1. The van der Waals surface area contributed by atoms with Crippen LogP contribution in [0.15, 0.2) is 48.0 Å². The average molecular weight is 477 g/mol. The Bertz CT molecular complexity index is 1050. The highest BCUT2D eigenvalue weighted by Crippen LogP contribution is 2.41. The largest absolute Gasteiger partial charge is 0.507 e. The van der Waals surface area contributed by atoms with Gasteiger partial charge in [-0.3, -0.25) is 9.59 Å². The molecule has 1 unspecified atom stereocenters. The van der Waals surface area contributed by atoms with Crippen LogP contribution in [0.1, 0.15) is 31.0 Å². The van der Waals surface area contributed by atoms with Gasteiger partial charge in [-0.1, -0.05) is 29.3 Å². The molecule has 2 aromatic carbocycles. The molecule has 0 aromatic heterocycles. The van der Waals surface area contributed by atoms with E-state index in [1.54, 1.807) is 42.5 Å². The molecule has 170 valence electrons. The maximum atomic E-state index is 13.0. The van der Waals surface area contributed by atoms with Gasteiger partial charge >= 0.3 is 0 Å². The Morgan fingerprint density at radius 3 is 2.31 bits per heavy atom. The van der Waals surface area contributed by atoms with E-state index in [2.05, 4.69) is 0 Å². The van der Waals surface area contributed by atoms with Crippen LogP contribution in [0, 0.1) is 0 Å². The standard InChI is InChI=1S/C24H26Cl2N2O4/c1-14(2)32-17-8-5-15(6-9-17)22(29)20-21(16-7-10-18(25)19(26)13-16)28(12-11-27(3)4)24(31)23(20)30/h5-10,13-14,21,29H,11-12H2,1-4H3/b22-20-. The van der Waals surface area contributed by atoms with E-state index in [1.165, 1.54) is 4.90 Å². The van der Waals surface area contributed by atoms with Crippen LogP contribution in [0.5, 0.6) is 5.75 Å². The molecular formula is C24H26Cl2N2O4. The molecule has 1 atom stereocenters. The monoisotopic (exact) mass is 476 g/mol. The van der Waals surface area contributed by atoms with E-state index >= 15 is 0 Å². The van der Waals surface area contributed by atoms with Crippen molar-refractivity contribution in [3.8, 4) is 5.75 Å². The van der Waals surface area contributed by atoms with Gasteiger partial charge in [0.2, 0.25) is 0 Å². The Morgan fingerprint density at radius 2 is 1.75 bits per heavy atom. The van der Waals surface area contributed by atoms with Crippen LogP contribution in [-0.2, 0) is 9.59 Å². The molecule has 0 bridgehead atoms. The Labute approximate surface area is 198 Å². The van der Waals surface area contributed by atoms with Crippen LogP contribution in [-0.4, -0.2) is 59.9 Å². The van der Waals surface area contributed by atoms with Crippen LogP contribution in [0.3, 0.4) is 0 Å². The van der Waals surface area contributed by atoms with E-state index in [-0.39, 0.29) is 17.4 Å². The van der Waals surface area contributed by atoms with Crippen molar-refractivity contribution in [2.45, 2.75) is 26.0 Å². The molecule has 6 nitrogen and oxygen atoms in total. The molecular weight excluding hydrogens is 451 g/mol. The molecule has 1 aliphatic rings. The number of nitrogens with zero attached hydrogens (tertiary/aromatic N) is 2. The lowest BCUT2D eigenvalue weighted by Gasteiger charge is -2.26. The molecule has 0 saturated carbocycles. The summed E-state index contributed by atoms with van der Waals surface area (Å²) in [5.41, 5.74) is 1.03. The molecule has 1 fully saturated rings. The molecule has 0 spiro atoms. The number of ketones is 1. The predicted octanol–water partition coefficient (Wildman–Crippen LogP) is 4.76. The Morgan fingerprint density at radius 1 is 1.09 bits per heavy atom. The lowest BCUT2D eigenvalue weighted by atomic mass is 9.95. The summed E-state index contributed by atoms with van der Waals surface area (Å²) >= 11 is 12.3. The van der Waals surface area contributed by atoms with Crippen molar-refractivity contribution >= 4 is 40.7 Å². The lowest BCUT2D eigenvalue weighted by molar-refractivity contribution is -0.140. The zero-order valence-corrected chi connectivity index (χ0v) is 19.9. The normalized spacial score (nSPS) is 18.1. The van der Waals surface area contributed by atoms with E-state index in [0.29, 0.717) is 40.0 Å². The zero-order valence-electron chi connectivity index (χ0n) is 18.4. The fourth-order valence-electron chi connectivity index (χ4n) is 3.57. The van der Waals surface area contributed by atoms with Crippen LogP contribution in [0.4, 0.5) is 0 Å². The maximum absolute atomic E-state index is 13.0. The van der Waals surface area contributed by atoms with Crippen molar-refractivity contribution in [2.75, 3.05) is 27.2 Å². The van der Waals surface area contributed by atoms with Gasteiger partial charge in [-0.25, -0.2) is 0 Å². The number of rotatable bonds is 7. The molecule has 0 radical (unpaired) electrons. The van der Waals surface area contributed by atoms with Crippen LogP contribution >= 0.6 is 23.2 Å². The summed E-state index contributed by atoms with van der Waals surface area (Å²) < 4.78 is 5.64. The van der Waals surface area contributed by atoms with Crippen LogP contribution in [0.25, 0.3) is 5.76 Å². The first kappa shape index (κ1) is 24.1. The summed E-state index contributed by atoms with van der Waals surface area (Å²) in [4.78, 5) is 29.3. The third kappa shape index (κ3) is 5.09. The number of benzene rings is 2. The fraction of sp³-hybridized carbons (Fsp3) is 0.333. The van der Waals surface area contributed by atoms with Crippen molar-refractivity contribution in [3.63, 3.8) is 0 Å². The fourth-order valence-corrected chi connectivity index (χ4v) is 3.87. The van der Waals surface area contributed by atoms with Gasteiger partial charge in [0.05, 0.1) is 27.8 Å². The summed E-state index contributed by atoms with van der Waals surface area (Å²) in [5.74, 6) is -1.00. The molecule has 3 rings (SSSR count). The molecule has 2 aromatic rings. The molecule has 1 amide bonds. The first-order valence-electron chi connectivity index (χ1n) is 10.2. The highest BCUT2D eigenvalue weighted by molar-refractivity contribution is 6.46. The number of amides is 1. The summed E-state index contributed by atoms with van der Waals surface area (Å²) in [6, 6.07) is 10.9. The number of hydrogen-bond donors (Lipinski definition) is 1. The van der Waals surface area contributed by atoms with E-state index in [9.17, 15) is 14.7 Å². The molecule has 1 N–H and O–H groups in total. The van der Waals surface area contributed by atoms with Crippen molar-refractivity contribution in [2.24, 2.45) is 0 Å². The minimum atomic E-state index is -0.781. The first-order valence-corrected chi connectivity index (χ1v) is 11.0. The van der Waals surface area contributed by atoms with Crippen molar-refractivity contribution < 1.29 is 19.4 Å². The molecule has 1 heterocycles. The maximum Gasteiger partial charge on any atom is 0.295 e. The molecule has 8 heteroatoms. The number of hydrogen-bond acceptors (Lipinski definition) is 5. The third-order valence-electron chi connectivity index (χ3n) is 5.09. The predicted molar refractivity (Wildman–Crippen MR) is 126 cm³/mol. The van der Waals surface area contributed by atoms with Gasteiger partial charge in [-0.05, 0) is 69.9 Å². The van der Waals surface area contributed by atoms with E-state index in [0.717, 1.165) is 0 Å². The number of aliphatic hydroxyl groups is 1. The highest BCUT2D eigenvalue weighted by atomic mass is 35.5. The second-order valence-corrected chi connectivity index (χ2v) is 8.97. The van der Waals surface area contributed by atoms with Gasteiger partial charge in [-0.2, -0.15) is 0 Å². The number of ether oxygens (including phenoxy) is 1. The second-order valence-electron chi connectivity index (χ2n) is 8.16. The number of carbonyl (C=O) groups excluding carboxylic acids is 2. The molecule has 1 saturated heterocycles. The average Bonchev–Trinajstić information content (AvgIpc) is 2.98. The topological polar surface area (TPSA) is 70.1 Å². The first-order chi connectivity index (χ1) is 15.1. The lowest BCUT2D eigenvalue weighted by Crippen LogP contribution is -2.35. The van der Waals surface area contributed by atoms with Crippen LogP contribution < -0.4 is 4.74 Å².